The van der Waals surface area contributed by atoms with Gasteiger partial charge in [-0.3, -0.25) is 0 Å². The van der Waals surface area contributed by atoms with Crippen LogP contribution in [-0.2, 0) is 4.74 Å². The Bertz CT molecular complexity index is 161. The van der Waals surface area contributed by atoms with Crippen molar-refractivity contribution in [2.24, 2.45) is 5.92 Å². The van der Waals surface area contributed by atoms with E-state index >= 15 is 0 Å². The molecule has 2 fully saturated rings. The third-order valence-corrected chi connectivity index (χ3v) is 3.38. The van der Waals surface area contributed by atoms with Crippen molar-refractivity contribution in [1.82, 2.24) is 5.32 Å². The Morgan fingerprint density at radius 1 is 1.33 bits per heavy atom. The zero-order valence-electron chi connectivity index (χ0n) is 8.10. The first-order valence-corrected chi connectivity index (χ1v) is 5.07. The van der Waals surface area contributed by atoms with Crippen LogP contribution in [0.15, 0.2) is 0 Å². The molecule has 0 bridgehead atoms. The molecule has 2 aliphatic rings. The van der Waals surface area contributed by atoms with E-state index in [1.54, 1.807) is 0 Å². The Morgan fingerprint density at radius 3 is 2.67 bits per heavy atom. The van der Waals surface area contributed by atoms with Crippen LogP contribution in [0.3, 0.4) is 0 Å². The summed E-state index contributed by atoms with van der Waals surface area (Å²) in [5.41, 5.74) is 0.301. The lowest BCUT2D eigenvalue weighted by atomic mass is 9.83. The molecule has 0 aromatic carbocycles. The maximum Gasteiger partial charge on any atom is 0.0622 e. The summed E-state index contributed by atoms with van der Waals surface area (Å²) in [6, 6.07) is 0. The molecule has 0 aromatic heterocycles. The van der Waals surface area contributed by atoms with E-state index in [1.165, 1.54) is 19.3 Å². The van der Waals surface area contributed by atoms with Gasteiger partial charge in [0.2, 0.25) is 0 Å². The fourth-order valence-corrected chi connectivity index (χ4v) is 2.61. The zero-order chi connectivity index (χ0) is 8.60. The van der Waals surface area contributed by atoms with Crippen molar-refractivity contribution in [2.45, 2.75) is 44.8 Å². The lowest BCUT2D eigenvalue weighted by Gasteiger charge is -2.31. The maximum absolute atomic E-state index is 5.73. The fourth-order valence-electron chi connectivity index (χ4n) is 2.61. The molecule has 2 unspecified atom stereocenters. The maximum atomic E-state index is 5.73. The number of hydrogen-bond donors (Lipinski definition) is 1. The number of nitrogens with one attached hydrogen (secondary N) is 1. The first kappa shape index (κ1) is 8.52. The van der Waals surface area contributed by atoms with Crippen LogP contribution in [0.25, 0.3) is 0 Å². The van der Waals surface area contributed by atoms with Crippen LogP contribution < -0.4 is 5.32 Å². The highest BCUT2D eigenvalue weighted by atomic mass is 16.5. The highest BCUT2D eigenvalue weighted by molar-refractivity contribution is 4.97. The van der Waals surface area contributed by atoms with Gasteiger partial charge in [-0.15, -0.1) is 0 Å². The van der Waals surface area contributed by atoms with Gasteiger partial charge in [0.25, 0.3) is 0 Å². The molecular weight excluding hydrogens is 150 g/mol. The van der Waals surface area contributed by atoms with Gasteiger partial charge < -0.3 is 10.1 Å². The molecule has 0 aliphatic carbocycles. The highest BCUT2D eigenvalue weighted by Gasteiger charge is 2.40. The zero-order valence-corrected chi connectivity index (χ0v) is 8.10. The topological polar surface area (TPSA) is 21.3 Å². The van der Waals surface area contributed by atoms with Crippen LogP contribution in [0.1, 0.15) is 33.1 Å². The molecule has 2 atom stereocenters. The molecule has 2 heteroatoms. The minimum Gasteiger partial charge on any atom is -0.378 e. The molecule has 70 valence electrons. The largest absolute Gasteiger partial charge is 0.378 e. The molecule has 2 heterocycles. The highest BCUT2D eigenvalue weighted by Crippen LogP contribution is 2.34. The van der Waals surface area contributed by atoms with Crippen molar-refractivity contribution in [1.29, 1.82) is 0 Å². The second-order valence-corrected chi connectivity index (χ2v) is 4.60. The molecule has 1 N–H and O–H groups in total. The summed E-state index contributed by atoms with van der Waals surface area (Å²) >= 11 is 0. The molecular formula is C10H19NO. The number of rotatable bonds is 1. The van der Waals surface area contributed by atoms with Crippen molar-refractivity contribution < 1.29 is 4.74 Å². The molecule has 0 radical (unpaired) electrons. The molecule has 0 amide bonds. The first-order chi connectivity index (χ1) is 5.70. The van der Waals surface area contributed by atoms with Crippen molar-refractivity contribution in [3.8, 4) is 0 Å². The molecule has 0 saturated carbocycles. The van der Waals surface area contributed by atoms with Crippen molar-refractivity contribution >= 4 is 0 Å². The average molecular weight is 169 g/mol. The van der Waals surface area contributed by atoms with Gasteiger partial charge in [0.15, 0.2) is 0 Å². The quantitative estimate of drug-likeness (QED) is 0.643. The smallest absolute Gasteiger partial charge is 0.0622 e. The second-order valence-electron chi connectivity index (χ2n) is 4.60. The predicted molar refractivity (Wildman–Crippen MR) is 49.2 cm³/mol. The van der Waals surface area contributed by atoms with E-state index in [0.29, 0.717) is 11.6 Å². The average Bonchev–Trinajstić information content (AvgIpc) is 2.55. The van der Waals surface area contributed by atoms with Crippen LogP contribution in [-0.4, -0.2) is 24.8 Å². The van der Waals surface area contributed by atoms with E-state index in [0.717, 1.165) is 19.1 Å². The predicted octanol–water partition coefficient (Wildman–Crippen LogP) is 1.55. The molecule has 12 heavy (non-hydrogen) atoms. The molecule has 2 nitrogen and oxygen atoms in total. The SMILES string of the molecule is CC1(C)NCCC1C1CCCO1. The molecule has 2 aliphatic heterocycles. The summed E-state index contributed by atoms with van der Waals surface area (Å²) < 4.78 is 5.73. The van der Waals surface area contributed by atoms with Crippen molar-refractivity contribution in [3.05, 3.63) is 0 Å². The van der Waals surface area contributed by atoms with E-state index in [4.69, 9.17) is 4.74 Å². The van der Waals surface area contributed by atoms with Crippen LogP contribution >= 0.6 is 0 Å². The molecule has 0 aromatic rings. The summed E-state index contributed by atoms with van der Waals surface area (Å²) in [6.07, 6.45) is 4.36. The van der Waals surface area contributed by atoms with Crippen LogP contribution in [0.4, 0.5) is 0 Å². The van der Waals surface area contributed by atoms with E-state index in [9.17, 15) is 0 Å². The van der Waals surface area contributed by atoms with Gasteiger partial charge in [0.05, 0.1) is 6.10 Å². The van der Waals surface area contributed by atoms with Crippen LogP contribution in [0.2, 0.25) is 0 Å². The standard InChI is InChI=1S/C10H19NO/c1-10(2)8(5-6-11-10)9-4-3-7-12-9/h8-9,11H,3-7H2,1-2H3. The normalized spacial score (nSPS) is 40.5. The fraction of sp³-hybridized carbons (Fsp3) is 1.00. The molecule has 2 saturated heterocycles. The van der Waals surface area contributed by atoms with E-state index in [1.807, 2.05) is 0 Å². The van der Waals surface area contributed by atoms with Gasteiger partial charge in [-0.05, 0) is 39.7 Å². The van der Waals surface area contributed by atoms with Gasteiger partial charge in [-0.1, -0.05) is 0 Å². The van der Waals surface area contributed by atoms with Crippen LogP contribution in [0, 0.1) is 5.92 Å². The summed E-state index contributed by atoms with van der Waals surface area (Å²) in [5, 5.41) is 3.54. The van der Waals surface area contributed by atoms with E-state index in [-0.39, 0.29) is 0 Å². The summed E-state index contributed by atoms with van der Waals surface area (Å²) in [7, 11) is 0. The Morgan fingerprint density at radius 2 is 2.17 bits per heavy atom. The van der Waals surface area contributed by atoms with Gasteiger partial charge in [-0.25, -0.2) is 0 Å². The Kier molecular flexibility index (Phi) is 2.13. The minimum absolute atomic E-state index is 0.301. The third-order valence-electron chi connectivity index (χ3n) is 3.38. The lowest BCUT2D eigenvalue weighted by molar-refractivity contribution is 0.0429. The molecule has 0 spiro atoms. The van der Waals surface area contributed by atoms with Gasteiger partial charge in [0.1, 0.15) is 0 Å². The van der Waals surface area contributed by atoms with E-state index < -0.39 is 0 Å². The van der Waals surface area contributed by atoms with Crippen molar-refractivity contribution in [3.63, 3.8) is 0 Å². The van der Waals surface area contributed by atoms with Gasteiger partial charge >= 0.3 is 0 Å². The Labute approximate surface area is 74.7 Å². The number of ether oxygens (including phenoxy) is 1. The number of hydrogen-bond acceptors (Lipinski definition) is 2. The second kappa shape index (κ2) is 3.00. The first-order valence-electron chi connectivity index (χ1n) is 5.07. The third kappa shape index (κ3) is 1.38. The summed E-state index contributed by atoms with van der Waals surface area (Å²) in [5.74, 6) is 0.736. The van der Waals surface area contributed by atoms with Crippen molar-refractivity contribution in [2.75, 3.05) is 13.2 Å². The van der Waals surface area contributed by atoms with E-state index in [2.05, 4.69) is 19.2 Å². The van der Waals surface area contributed by atoms with Gasteiger partial charge in [0, 0.05) is 18.1 Å². The summed E-state index contributed by atoms with van der Waals surface area (Å²) in [6.45, 7) is 6.74. The van der Waals surface area contributed by atoms with Crippen LogP contribution in [0.5, 0.6) is 0 Å². The monoisotopic (exact) mass is 169 g/mol. The molecule has 2 rings (SSSR count). The Balaban J connectivity index is 2.02. The Hall–Kier alpha value is -0.0800. The minimum atomic E-state index is 0.301. The van der Waals surface area contributed by atoms with Gasteiger partial charge in [-0.2, -0.15) is 0 Å². The lowest BCUT2D eigenvalue weighted by Crippen LogP contribution is -2.42. The summed E-state index contributed by atoms with van der Waals surface area (Å²) in [4.78, 5) is 0.